The van der Waals surface area contributed by atoms with E-state index in [4.69, 9.17) is 0 Å². The van der Waals surface area contributed by atoms with Crippen LogP contribution in [0.2, 0.25) is 0 Å². The molecule has 36 heavy (non-hydrogen) atoms. The monoisotopic (exact) mass is 496 g/mol. The van der Waals surface area contributed by atoms with Crippen molar-refractivity contribution in [2.75, 3.05) is 0 Å². The summed E-state index contributed by atoms with van der Waals surface area (Å²) in [5.41, 5.74) is 0.359. The van der Waals surface area contributed by atoms with Crippen molar-refractivity contribution < 1.29 is 27.1 Å². The van der Waals surface area contributed by atoms with E-state index in [0.717, 1.165) is 18.5 Å². The van der Waals surface area contributed by atoms with Gasteiger partial charge in [0.2, 0.25) is 0 Å². The summed E-state index contributed by atoms with van der Waals surface area (Å²) in [4.78, 5) is 20.2. The molecule has 0 atom stereocenters. The molecular weight excluding hydrogens is 480 g/mol. The first kappa shape index (κ1) is 23.2. The van der Waals surface area contributed by atoms with Gasteiger partial charge in [-0.3, -0.25) is 9.36 Å². The molecule has 3 heterocycles. The Bertz CT molecular complexity index is 1370. The summed E-state index contributed by atoms with van der Waals surface area (Å²) in [6, 6.07) is 13.3. The van der Waals surface area contributed by atoms with Crippen LogP contribution in [0, 0.1) is 23.8 Å². The Morgan fingerprint density at radius 3 is 2.53 bits per heavy atom. The van der Waals surface area contributed by atoms with Gasteiger partial charge in [0.1, 0.15) is 23.2 Å². The molecule has 12 heteroatoms. The van der Waals surface area contributed by atoms with Gasteiger partial charge in [0.25, 0.3) is 5.91 Å². The maximum atomic E-state index is 14.8. The maximum absolute atomic E-state index is 14.8. The Morgan fingerprint density at radius 2 is 1.86 bits per heavy atom. The zero-order chi connectivity index (χ0) is 25.2. The molecular formula is C24H16F4N6O2. The van der Waals surface area contributed by atoms with Gasteiger partial charge in [-0.05, 0) is 49.2 Å². The molecule has 4 aromatic rings. The second kappa shape index (κ2) is 9.61. The number of halogens is 4. The van der Waals surface area contributed by atoms with Gasteiger partial charge in [-0.2, -0.15) is 8.78 Å². The van der Waals surface area contributed by atoms with E-state index in [9.17, 15) is 22.4 Å². The van der Waals surface area contributed by atoms with Crippen molar-refractivity contribution >= 4 is 5.91 Å². The van der Waals surface area contributed by atoms with Gasteiger partial charge in [-0.1, -0.05) is 12.1 Å². The molecule has 1 aliphatic carbocycles. The van der Waals surface area contributed by atoms with Crippen LogP contribution in [0.4, 0.5) is 17.6 Å². The summed E-state index contributed by atoms with van der Waals surface area (Å²) in [6.07, 6.45) is 2.98. The highest BCUT2D eigenvalue weighted by Crippen LogP contribution is 2.38. The molecule has 0 spiro atoms. The summed E-state index contributed by atoms with van der Waals surface area (Å²) in [6.45, 7) is -3.04. The third-order valence-corrected chi connectivity index (χ3v) is 5.62. The lowest BCUT2D eigenvalue weighted by Gasteiger charge is -2.35. The lowest BCUT2D eigenvalue weighted by atomic mass is 9.79. The number of para-hydroxylation sites is 1. The summed E-state index contributed by atoms with van der Waals surface area (Å²) in [5.74, 6) is -1.43. The van der Waals surface area contributed by atoms with E-state index in [2.05, 4.69) is 42.4 Å². The van der Waals surface area contributed by atoms with Gasteiger partial charge < -0.3 is 10.1 Å². The molecule has 3 aromatic heterocycles. The van der Waals surface area contributed by atoms with E-state index in [1.807, 2.05) is 0 Å². The number of alkyl halides is 2. The maximum Gasteiger partial charge on any atom is 0.388 e. The van der Waals surface area contributed by atoms with Crippen molar-refractivity contribution in [3.8, 4) is 23.0 Å². The number of pyridine rings is 1. The van der Waals surface area contributed by atoms with Gasteiger partial charge >= 0.3 is 6.61 Å². The minimum Gasteiger partial charge on any atom is -0.425 e. The highest BCUT2D eigenvalue weighted by molar-refractivity contribution is 5.92. The zero-order valence-corrected chi connectivity index (χ0v) is 18.3. The first-order chi connectivity index (χ1) is 17.4. The topological polar surface area (TPSA) is 94.8 Å². The van der Waals surface area contributed by atoms with Gasteiger partial charge in [0, 0.05) is 12.0 Å². The van der Waals surface area contributed by atoms with Crippen molar-refractivity contribution in [3.05, 3.63) is 84.1 Å². The Morgan fingerprint density at radius 1 is 1.06 bits per heavy atom. The Labute approximate surface area is 202 Å². The second-order valence-electron chi connectivity index (χ2n) is 7.97. The molecule has 0 bridgehead atoms. The number of carbonyl (C=O) groups excluding carboxylic acids is 1. The molecule has 1 aliphatic rings. The molecule has 5 rings (SSSR count). The standard InChI is InChI=1S/C24H16F4N6O2/c25-14-5-7-19(29-11-14)23(35)31-15-9-13(10-15)21-32-33-22(34(21)20-4-2-1-3-17(20)26)18-8-6-16(12-30-18)36-24(27)28/h1-5,7,11-13,15,24H,9-10H2,(H,31,35). The summed E-state index contributed by atoms with van der Waals surface area (Å²) >= 11 is 0. The van der Waals surface area contributed by atoms with Crippen molar-refractivity contribution in [2.45, 2.75) is 31.4 Å². The summed E-state index contributed by atoms with van der Waals surface area (Å²) < 4.78 is 58.4. The molecule has 1 amide bonds. The minimum absolute atomic E-state index is 0.0915. The van der Waals surface area contributed by atoms with Crippen LogP contribution in [-0.4, -0.2) is 43.3 Å². The number of amides is 1. The fourth-order valence-electron chi connectivity index (χ4n) is 3.88. The van der Waals surface area contributed by atoms with E-state index in [-0.39, 0.29) is 40.6 Å². The molecule has 1 fully saturated rings. The first-order valence-electron chi connectivity index (χ1n) is 10.8. The quantitative estimate of drug-likeness (QED) is 0.391. The van der Waals surface area contributed by atoms with E-state index in [0.29, 0.717) is 18.7 Å². The Balaban J connectivity index is 1.39. The number of aromatic nitrogens is 5. The zero-order valence-electron chi connectivity index (χ0n) is 18.3. The number of carbonyl (C=O) groups is 1. The van der Waals surface area contributed by atoms with E-state index >= 15 is 0 Å². The van der Waals surface area contributed by atoms with Crippen LogP contribution in [0.15, 0.2) is 48.8 Å². The molecule has 1 saturated carbocycles. The molecule has 1 N–H and O–H groups in total. The summed E-state index contributed by atoms with van der Waals surface area (Å²) in [5, 5.41) is 11.2. The highest BCUT2D eigenvalue weighted by Gasteiger charge is 2.36. The fraction of sp³-hybridized carbons (Fsp3) is 0.208. The van der Waals surface area contributed by atoms with Crippen molar-refractivity contribution in [3.63, 3.8) is 0 Å². The molecule has 0 radical (unpaired) electrons. The average Bonchev–Trinajstić information content (AvgIpc) is 3.26. The molecule has 182 valence electrons. The van der Waals surface area contributed by atoms with Crippen molar-refractivity contribution in [1.82, 2.24) is 30.0 Å². The predicted molar refractivity (Wildman–Crippen MR) is 116 cm³/mol. The Kier molecular flexibility index (Phi) is 6.20. The van der Waals surface area contributed by atoms with E-state index in [1.165, 1.54) is 22.8 Å². The van der Waals surface area contributed by atoms with Crippen molar-refractivity contribution in [2.24, 2.45) is 0 Å². The number of hydrogen-bond donors (Lipinski definition) is 1. The van der Waals surface area contributed by atoms with Crippen LogP contribution >= 0.6 is 0 Å². The minimum atomic E-state index is -3.04. The number of nitrogens with one attached hydrogen (secondary N) is 1. The predicted octanol–water partition coefficient (Wildman–Crippen LogP) is 3.88. The first-order valence-corrected chi connectivity index (χ1v) is 10.8. The third-order valence-electron chi connectivity index (χ3n) is 5.62. The lowest BCUT2D eigenvalue weighted by Crippen LogP contribution is -2.44. The third kappa shape index (κ3) is 4.68. The summed E-state index contributed by atoms with van der Waals surface area (Å²) in [7, 11) is 0. The molecule has 0 saturated heterocycles. The molecule has 1 aromatic carbocycles. The SMILES string of the molecule is O=C(NC1CC(c2nnc(-c3c#cc(OC(F)F)cn3)n2-c2ccccc2F)C1)c1ccc(F)cn1. The van der Waals surface area contributed by atoms with Crippen LogP contribution < -0.4 is 10.1 Å². The fourth-order valence-corrected chi connectivity index (χ4v) is 3.88. The van der Waals surface area contributed by atoms with Crippen LogP contribution in [0.3, 0.4) is 0 Å². The van der Waals surface area contributed by atoms with Gasteiger partial charge in [0.05, 0.1) is 18.1 Å². The lowest BCUT2D eigenvalue weighted by molar-refractivity contribution is -0.0500. The number of hydrogen-bond acceptors (Lipinski definition) is 6. The van der Waals surface area contributed by atoms with Crippen LogP contribution in [0.1, 0.15) is 35.1 Å². The van der Waals surface area contributed by atoms with Gasteiger partial charge in [-0.15, -0.1) is 10.2 Å². The molecule has 0 aliphatic heterocycles. The van der Waals surface area contributed by atoms with Crippen LogP contribution in [0.5, 0.6) is 5.75 Å². The van der Waals surface area contributed by atoms with Crippen LogP contribution in [-0.2, 0) is 0 Å². The molecule has 8 nitrogen and oxygen atoms in total. The van der Waals surface area contributed by atoms with E-state index in [1.54, 1.807) is 12.1 Å². The van der Waals surface area contributed by atoms with Gasteiger partial charge in [-0.25, -0.2) is 18.7 Å². The number of rotatable bonds is 7. The second-order valence-corrected chi connectivity index (χ2v) is 7.97. The average molecular weight is 496 g/mol. The normalized spacial score (nSPS) is 16.8. The number of ether oxygens (including phenoxy) is 1. The van der Waals surface area contributed by atoms with Crippen molar-refractivity contribution in [1.29, 1.82) is 0 Å². The number of benzene rings is 1. The Hall–Kier alpha value is -4.53. The smallest absolute Gasteiger partial charge is 0.388 e. The van der Waals surface area contributed by atoms with E-state index < -0.39 is 24.2 Å². The number of nitrogens with zero attached hydrogens (tertiary/aromatic N) is 5. The van der Waals surface area contributed by atoms with Crippen LogP contribution in [0.25, 0.3) is 17.2 Å². The highest BCUT2D eigenvalue weighted by atomic mass is 19.3. The van der Waals surface area contributed by atoms with Gasteiger partial charge in [0.15, 0.2) is 17.3 Å². The molecule has 0 unspecified atom stereocenters. The largest absolute Gasteiger partial charge is 0.425 e.